The highest BCUT2D eigenvalue weighted by atomic mass is 32.1. The molecule has 1 unspecified atom stereocenters. The second-order valence-corrected chi connectivity index (χ2v) is 6.51. The fourth-order valence-electron chi connectivity index (χ4n) is 2.12. The average molecular weight is 326 g/mol. The number of nitrogens with zero attached hydrogens (tertiary/aromatic N) is 1. The van der Waals surface area contributed by atoms with Gasteiger partial charge in [0.1, 0.15) is 6.54 Å². The molecule has 0 bridgehead atoms. The Kier molecular flexibility index (Phi) is 7.04. The van der Waals surface area contributed by atoms with Crippen LogP contribution in [0.5, 0.6) is 0 Å². The highest BCUT2D eigenvalue weighted by molar-refractivity contribution is 7.10. The third kappa shape index (κ3) is 6.26. The number of amides is 2. The lowest BCUT2D eigenvalue weighted by Gasteiger charge is -2.25. The summed E-state index contributed by atoms with van der Waals surface area (Å²) in [5.41, 5.74) is 0. The molecule has 0 radical (unpaired) electrons. The Bertz CT molecular complexity index is 514. The molecule has 0 saturated heterocycles. The van der Waals surface area contributed by atoms with Gasteiger partial charge in [-0.25, -0.2) is 0 Å². The van der Waals surface area contributed by atoms with Crippen molar-refractivity contribution in [2.45, 2.75) is 33.2 Å². The summed E-state index contributed by atoms with van der Waals surface area (Å²) in [5.74, 6) is -1.37. The normalized spacial score (nSPS) is 12.0. The second-order valence-electron chi connectivity index (χ2n) is 5.53. The van der Waals surface area contributed by atoms with Gasteiger partial charge in [-0.2, -0.15) is 0 Å². The Hall–Kier alpha value is -1.89. The summed E-state index contributed by atoms with van der Waals surface area (Å²) in [7, 11) is 0. The van der Waals surface area contributed by atoms with Gasteiger partial charge in [0.25, 0.3) is 0 Å². The molecule has 1 aromatic heterocycles. The Morgan fingerprint density at radius 2 is 2.05 bits per heavy atom. The summed E-state index contributed by atoms with van der Waals surface area (Å²) >= 11 is 1.45. The molecule has 22 heavy (non-hydrogen) atoms. The van der Waals surface area contributed by atoms with Gasteiger partial charge in [-0.3, -0.25) is 14.4 Å². The third-order valence-electron chi connectivity index (χ3n) is 2.91. The Morgan fingerprint density at radius 1 is 1.36 bits per heavy atom. The number of hydrogen-bond donors (Lipinski definition) is 2. The summed E-state index contributed by atoms with van der Waals surface area (Å²) in [5, 5.41) is 13.6. The second kappa shape index (κ2) is 8.53. The lowest BCUT2D eigenvalue weighted by molar-refractivity contribution is -0.145. The Morgan fingerprint density at radius 3 is 2.50 bits per heavy atom. The minimum absolute atomic E-state index is 0.0556. The van der Waals surface area contributed by atoms with E-state index in [4.69, 9.17) is 5.11 Å². The highest BCUT2D eigenvalue weighted by Crippen LogP contribution is 2.23. The summed E-state index contributed by atoms with van der Waals surface area (Å²) in [6.07, 6.45) is 0.0556. The maximum Gasteiger partial charge on any atom is 0.323 e. The van der Waals surface area contributed by atoms with Crippen LogP contribution >= 0.6 is 11.3 Å². The number of carboxylic acids is 1. The molecule has 0 aliphatic heterocycles. The van der Waals surface area contributed by atoms with Gasteiger partial charge >= 0.3 is 5.97 Å². The van der Waals surface area contributed by atoms with Crippen molar-refractivity contribution in [3.05, 3.63) is 22.4 Å². The molecule has 0 saturated carbocycles. The van der Waals surface area contributed by atoms with Crippen molar-refractivity contribution in [3.63, 3.8) is 0 Å². The van der Waals surface area contributed by atoms with Crippen molar-refractivity contribution < 1.29 is 19.5 Å². The molecule has 6 nitrogen and oxygen atoms in total. The molecule has 2 amide bonds. The molecule has 0 aliphatic carbocycles. The molecule has 122 valence electrons. The zero-order valence-corrected chi connectivity index (χ0v) is 13.9. The first-order valence-corrected chi connectivity index (χ1v) is 7.97. The lowest BCUT2D eigenvalue weighted by Crippen LogP contribution is -2.40. The van der Waals surface area contributed by atoms with Gasteiger partial charge in [0.2, 0.25) is 11.8 Å². The SMILES string of the molecule is CC(=O)NC(CC(=O)N(CC(=O)O)CC(C)C)c1cccs1. The van der Waals surface area contributed by atoms with E-state index in [2.05, 4.69) is 5.32 Å². The van der Waals surface area contributed by atoms with E-state index < -0.39 is 12.0 Å². The highest BCUT2D eigenvalue weighted by Gasteiger charge is 2.23. The fourth-order valence-corrected chi connectivity index (χ4v) is 2.90. The number of carbonyl (C=O) groups is 3. The van der Waals surface area contributed by atoms with Crippen LogP contribution < -0.4 is 5.32 Å². The smallest absolute Gasteiger partial charge is 0.323 e. The number of rotatable bonds is 8. The number of thiophene rings is 1. The van der Waals surface area contributed by atoms with Crippen LogP contribution in [-0.4, -0.2) is 40.9 Å². The standard InChI is InChI=1S/C15H22N2O4S/c1-10(2)8-17(9-15(20)21)14(19)7-12(16-11(3)18)13-5-4-6-22-13/h4-6,10,12H,7-9H2,1-3H3,(H,16,18)(H,20,21). The van der Waals surface area contributed by atoms with Gasteiger partial charge in [-0.1, -0.05) is 19.9 Å². The Balaban J connectivity index is 2.82. The van der Waals surface area contributed by atoms with Crippen LogP contribution in [0.2, 0.25) is 0 Å². The molecular formula is C15H22N2O4S. The predicted molar refractivity (Wildman–Crippen MR) is 84.5 cm³/mol. The van der Waals surface area contributed by atoms with Crippen molar-refractivity contribution in [2.24, 2.45) is 5.92 Å². The first-order chi connectivity index (χ1) is 10.3. The number of carboxylic acid groups (broad SMARTS) is 1. The van der Waals surface area contributed by atoms with Crippen LogP contribution in [0.4, 0.5) is 0 Å². The monoisotopic (exact) mass is 326 g/mol. The van der Waals surface area contributed by atoms with Gasteiger partial charge < -0.3 is 15.3 Å². The molecule has 2 N–H and O–H groups in total. The molecule has 1 atom stereocenters. The summed E-state index contributed by atoms with van der Waals surface area (Å²) in [6.45, 7) is 5.30. The van der Waals surface area contributed by atoms with Crippen molar-refractivity contribution in [1.29, 1.82) is 0 Å². The number of aliphatic carboxylic acids is 1. The van der Waals surface area contributed by atoms with E-state index in [1.54, 1.807) is 0 Å². The summed E-state index contributed by atoms with van der Waals surface area (Å²) < 4.78 is 0. The van der Waals surface area contributed by atoms with Crippen molar-refractivity contribution in [3.8, 4) is 0 Å². The van der Waals surface area contributed by atoms with Crippen LogP contribution in [0.3, 0.4) is 0 Å². The van der Waals surface area contributed by atoms with Gasteiger partial charge in [-0.15, -0.1) is 11.3 Å². The quantitative estimate of drug-likeness (QED) is 0.764. The zero-order valence-electron chi connectivity index (χ0n) is 13.0. The largest absolute Gasteiger partial charge is 0.480 e. The third-order valence-corrected chi connectivity index (χ3v) is 3.89. The van der Waals surface area contributed by atoms with Crippen LogP contribution in [0.15, 0.2) is 17.5 Å². The first-order valence-electron chi connectivity index (χ1n) is 7.09. The van der Waals surface area contributed by atoms with E-state index in [-0.39, 0.29) is 30.7 Å². The number of carbonyl (C=O) groups excluding carboxylic acids is 2. The van der Waals surface area contributed by atoms with Crippen molar-refractivity contribution in [2.75, 3.05) is 13.1 Å². The molecule has 1 rings (SSSR count). The fraction of sp³-hybridized carbons (Fsp3) is 0.533. The van der Waals surface area contributed by atoms with Crippen LogP contribution in [-0.2, 0) is 14.4 Å². The van der Waals surface area contributed by atoms with Crippen molar-refractivity contribution in [1.82, 2.24) is 10.2 Å². The van der Waals surface area contributed by atoms with E-state index in [1.807, 2.05) is 31.4 Å². The Labute approximate surface area is 134 Å². The van der Waals surface area contributed by atoms with E-state index in [1.165, 1.54) is 23.2 Å². The topological polar surface area (TPSA) is 86.7 Å². The lowest BCUT2D eigenvalue weighted by atomic mass is 10.1. The van der Waals surface area contributed by atoms with E-state index >= 15 is 0 Å². The number of nitrogens with one attached hydrogen (secondary N) is 1. The van der Waals surface area contributed by atoms with Gasteiger partial charge in [0, 0.05) is 18.3 Å². The van der Waals surface area contributed by atoms with Crippen LogP contribution in [0.25, 0.3) is 0 Å². The molecule has 1 aromatic rings. The molecule has 0 spiro atoms. The van der Waals surface area contributed by atoms with Gasteiger partial charge in [0.15, 0.2) is 0 Å². The summed E-state index contributed by atoms with van der Waals surface area (Å²) in [6, 6.07) is 3.28. The minimum Gasteiger partial charge on any atom is -0.480 e. The minimum atomic E-state index is -1.04. The maximum absolute atomic E-state index is 12.4. The first kappa shape index (κ1) is 18.2. The van der Waals surface area contributed by atoms with Crippen LogP contribution in [0, 0.1) is 5.92 Å². The summed E-state index contributed by atoms with van der Waals surface area (Å²) in [4.78, 5) is 36.9. The van der Waals surface area contributed by atoms with Gasteiger partial charge in [-0.05, 0) is 17.4 Å². The predicted octanol–water partition coefficient (Wildman–Crippen LogP) is 1.88. The maximum atomic E-state index is 12.4. The van der Waals surface area contributed by atoms with Crippen molar-refractivity contribution >= 4 is 29.1 Å². The molecule has 1 heterocycles. The molecule has 7 heteroatoms. The average Bonchev–Trinajstić information content (AvgIpc) is 2.89. The molecule has 0 aromatic carbocycles. The van der Waals surface area contributed by atoms with E-state index in [9.17, 15) is 14.4 Å². The molecule has 0 aliphatic rings. The number of hydrogen-bond acceptors (Lipinski definition) is 4. The van der Waals surface area contributed by atoms with Gasteiger partial charge in [0.05, 0.1) is 12.5 Å². The molecular weight excluding hydrogens is 304 g/mol. The zero-order chi connectivity index (χ0) is 16.7. The van der Waals surface area contributed by atoms with E-state index in [0.717, 1.165) is 4.88 Å². The molecule has 0 fully saturated rings. The van der Waals surface area contributed by atoms with E-state index in [0.29, 0.717) is 6.54 Å². The van der Waals surface area contributed by atoms with Crippen LogP contribution in [0.1, 0.15) is 38.1 Å².